The minimum atomic E-state index is -0.759. The first kappa shape index (κ1) is 27.1. The second-order valence-corrected chi connectivity index (χ2v) is 8.10. The summed E-state index contributed by atoms with van der Waals surface area (Å²) in [7, 11) is 0. The maximum absolute atomic E-state index is 11.4. The molecule has 0 atom stereocenters. The Morgan fingerprint density at radius 1 is 0.941 bits per heavy atom. The first-order valence-corrected chi connectivity index (χ1v) is 12.2. The Morgan fingerprint density at radius 3 is 2.15 bits per heavy atom. The van der Waals surface area contributed by atoms with Crippen LogP contribution in [0.25, 0.3) is 11.4 Å². The van der Waals surface area contributed by atoms with E-state index in [4.69, 9.17) is 9.47 Å². The molecule has 34 heavy (non-hydrogen) atoms. The fourth-order valence-corrected chi connectivity index (χ4v) is 3.27. The van der Waals surface area contributed by atoms with E-state index in [2.05, 4.69) is 28.8 Å². The number of phenolic OH excluding ortho intramolecular Hbond substituents is 1. The number of carbonyl (C=O) groups excluding carboxylic acids is 1. The van der Waals surface area contributed by atoms with Gasteiger partial charge in [0.15, 0.2) is 11.6 Å². The van der Waals surface area contributed by atoms with Crippen LogP contribution >= 0.6 is 0 Å². The molecule has 1 aromatic heterocycles. The number of aliphatic hydroxyl groups is 1. The normalized spacial score (nSPS) is 11.4. The Labute approximate surface area is 202 Å². The molecule has 0 bridgehead atoms. The van der Waals surface area contributed by atoms with Gasteiger partial charge in [0.25, 0.3) is 0 Å². The third kappa shape index (κ3) is 9.00. The lowest BCUT2D eigenvalue weighted by atomic mass is 10.1. The molecule has 2 aromatic rings. The molecule has 8 heteroatoms. The van der Waals surface area contributed by atoms with E-state index in [0.29, 0.717) is 23.6 Å². The van der Waals surface area contributed by atoms with Crippen molar-refractivity contribution in [3.05, 3.63) is 41.7 Å². The molecule has 0 spiro atoms. The third-order valence-electron chi connectivity index (χ3n) is 5.22. The van der Waals surface area contributed by atoms with Crippen LogP contribution in [0.15, 0.2) is 30.0 Å². The summed E-state index contributed by atoms with van der Waals surface area (Å²) in [6.45, 7) is 6.29. The summed E-state index contributed by atoms with van der Waals surface area (Å²) >= 11 is 0. The molecule has 186 valence electrons. The monoisotopic (exact) mass is 471 g/mol. The zero-order valence-electron chi connectivity index (χ0n) is 20.5. The number of aryl methyl sites for hydroxylation is 2. The Bertz CT molecular complexity index is 918. The number of unbranched alkanes of at least 4 members (excludes halogenated alkanes) is 4. The van der Waals surface area contributed by atoms with Gasteiger partial charge < -0.3 is 19.7 Å². The van der Waals surface area contributed by atoms with Crippen molar-refractivity contribution in [2.75, 3.05) is 13.2 Å². The van der Waals surface area contributed by atoms with Gasteiger partial charge in [-0.05, 0) is 38.0 Å². The van der Waals surface area contributed by atoms with Gasteiger partial charge in [-0.15, -0.1) is 0 Å². The summed E-state index contributed by atoms with van der Waals surface area (Å²) in [6.07, 6.45) is 9.87. The molecule has 0 amide bonds. The highest BCUT2D eigenvalue weighted by Crippen LogP contribution is 2.31. The zero-order valence-corrected chi connectivity index (χ0v) is 20.5. The minimum absolute atomic E-state index is 0.0344. The number of allylic oxidation sites excluding steroid dienone is 1. The number of benzene rings is 1. The van der Waals surface area contributed by atoms with Gasteiger partial charge >= 0.3 is 5.97 Å². The van der Waals surface area contributed by atoms with Crippen LogP contribution in [-0.2, 0) is 22.4 Å². The summed E-state index contributed by atoms with van der Waals surface area (Å²) in [5.74, 6) is 1.36. The molecule has 8 nitrogen and oxygen atoms in total. The van der Waals surface area contributed by atoms with Gasteiger partial charge in [0, 0.05) is 25.3 Å². The van der Waals surface area contributed by atoms with Crippen LogP contribution in [0.2, 0.25) is 0 Å². The SMILES string of the molecule is CC=C(O)C(=O)OCCCOc1ccc(-c2nc(CCCCC)nc(CCCCC)n2)c(O)c1. The van der Waals surface area contributed by atoms with Gasteiger partial charge in [-0.3, -0.25) is 0 Å². The van der Waals surface area contributed by atoms with Crippen molar-refractivity contribution in [1.82, 2.24) is 15.0 Å². The average molecular weight is 472 g/mol. The molecule has 1 aromatic carbocycles. The van der Waals surface area contributed by atoms with Gasteiger partial charge in [-0.2, -0.15) is 0 Å². The highest BCUT2D eigenvalue weighted by molar-refractivity contribution is 5.85. The third-order valence-corrected chi connectivity index (χ3v) is 5.22. The van der Waals surface area contributed by atoms with Gasteiger partial charge in [0.2, 0.25) is 0 Å². The first-order valence-electron chi connectivity index (χ1n) is 12.2. The number of aliphatic hydroxyl groups excluding tert-OH is 1. The van der Waals surface area contributed by atoms with Gasteiger partial charge in [-0.25, -0.2) is 19.7 Å². The molecule has 0 aliphatic rings. The van der Waals surface area contributed by atoms with Crippen LogP contribution in [0, 0.1) is 0 Å². The Balaban J connectivity index is 2.04. The number of hydrogen-bond acceptors (Lipinski definition) is 8. The molecule has 0 radical (unpaired) electrons. The number of aromatic nitrogens is 3. The summed E-state index contributed by atoms with van der Waals surface area (Å²) in [5, 5.41) is 19.9. The van der Waals surface area contributed by atoms with E-state index >= 15 is 0 Å². The summed E-state index contributed by atoms with van der Waals surface area (Å²) in [4.78, 5) is 25.3. The van der Waals surface area contributed by atoms with Crippen LogP contribution in [-0.4, -0.2) is 44.3 Å². The molecule has 0 saturated heterocycles. The van der Waals surface area contributed by atoms with Crippen molar-refractivity contribution >= 4 is 5.97 Å². The van der Waals surface area contributed by atoms with Crippen molar-refractivity contribution in [1.29, 1.82) is 0 Å². The number of rotatable bonds is 15. The van der Waals surface area contributed by atoms with Crippen LogP contribution in [0.1, 0.15) is 77.4 Å². The minimum Gasteiger partial charge on any atom is -0.507 e. The smallest absolute Gasteiger partial charge is 0.373 e. The number of nitrogens with zero attached hydrogens (tertiary/aromatic N) is 3. The van der Waals surface area contributed by atoms with Crippen LogP contribution < -0.4 is 4.74 Å². The number of aromatic hydroxyl groups is 1. The van der Waals surface area contributed by atoms with Gasteiger partial charge in [0.05, 0.1) is 18.8 Å². The fraction of sp³-hybridized carbons (Fsp3) is 0.538. The standard InChI is InChI=1S/C26H37N3O5/c1-4-7-9-12-23-27-24(13-10-8-5-2)29-25(28-23)20-15-14-19(18-22(20)31)33-16-11-17-34-26(32)21(30)6-3/h6,14-15,18,30-31H,4-5,7-13,16-17H2,1-3H3. The topological polar surface area (TPSA) is 115 Å². The number of ether oxygens (including phenoxy) is 2. The number of phenols is 1. The second-order valence-electron chi connectivity index (χ2n) is 8.10. The largest absolute Gasteiger partial charge is 0.507 e. The van der Waals surface area contributed by atoms with Crippen molar-refractivity contribution in [3.63, 3.8) is 0 Å². The number of carbonyl (C=O) groups is 1. The molecular weight excluding hydrogens is 434 g/mol. The van der Waals surface area contributed by atoms with Crippen LogP contribution in [0.4, 0.5) is 0 Å². The lowest BCUT2D eigenvalue weighted by molar-refractivity contribution is -0.142. The van der Waals surface area contributed by atoms with Crippen molar-refractivity contribution in [2.24, 2.45) is 0 Å². The summed E-state index contributed by atoms with van der Waals surface area (Å²) in [5.41, 5.74) is 0.541. The molecule has 2 rings (SSSR count). The maximum atomic E-state index is 11.4. The van der Waals surface area contributed by atoms with Crippen molar-refractivity contribution in [2.45, 2.75) is 78.6 Å². The van der Waals surface area contributed by atoms with E-state index in [1.54, 1.807) is 19.1 Å². The van der Waals surface area contributed by atoms with Crippen molar-refractivity contribution in [3.8, 4) is 22.9 Å². The van der Waals surface area contributed by atoms with E-state index in [9.17, 15) is 15.0 Å². The number of hydrogen-bond donors (Lipinski definition) is 2. The van der Waals surface area contributed by atoms with Gasteiger partial charge in [0.1, 0.15) is 23.1 Å². The molecule has 0 fully saturated rings. The summed E-state index contributed by atoms with van der Waals surface area (Å²) < 4.78 is 10.6. The highest BCUT2D eigenvalue weighted by atomic mass is 16.5. The quantitative estimate of drug-likeness (QED) is 0.152. The predicted molar refractivity (Wildman–Crippen MR) is 131 cm³/mol. The van der Waals surface area contributed by atoms with E-state index in [-0.39, 0.29) is 19.0 Å². The molecular formula is C26H37N3O5. The first-order chi connectivity index (χ1) is 16.5. The Morgan fingerprint density at radius 2 is 1.59 bits per heavy atom. The zero-order chi connectivity index (χ0) is 24.8. The molecule has 0 aliphatic heterocycles. The highest BCUT2D eigenvalue weighted by Gasteiger charge is 2.13. The Kier molecular flexibility index (Phi) is 11.9. The van der Waals surface area contributed by atoms with E-state index < -0.39 is 11.7 Å². The molecule has 2 N–H and O–H groups in total. The predicted octanol–water partition coefficient (Wildman–Crippen LogP) is 5.48. The summed E-state index contributed by atoms with van der Waals surface area (Å²) in [6, 6.07) is 5.03. The van der Waals surface area contributed by atoms with E-state index in [1.807, 2.05) is 0 Å². The van der Waals surface area contributed by atoms with E-state index in [1.165, 1.54) is 12.1 Å². The second kappa shape index (κ2) is 14.9. The molecule has 0 aliphatic carbocycles. The Hall–Kier alpha value is -3.16. The maximum Gasteiger partial charge on any atom is 0.373 e. The molecule has 1 heterocycles. The van der Waals surface area contributed by atoms with E-state index in [0.717, 1.165) is 63.0 Å². The van der Waals surface area contributed by atoms with Crippen LogP contribution in [0.3, 0.4) is 0 Å². The van der Waals surface area contributed by atoms with Crippen molar-refractivity contribution < 1.29 is 24.5 Å². The van der Waals surface area contributed by atoms with Gasteiger partial charge in [-0.1, -0.05) is 39.5 Å². The average Bonchev–Trinajstić information content (AvgIpc) is 2.83. The van der Waals surface area contributed by atoms with Crippen LogP contribution in [0.5, 0.6) is 11.5 Å². The lowest BCUT2D eigenvalue weighted by Gasteiger charge is -2.11. The lowest BCUT2D eigenvalue weighted by Crippen LogP contribution is -2.10. The molecule has 0 unspecified atom stereocenters. The fourth-order valence-electron chi connectivity index (χ4n) is 3.27. The molecule has 0 saturated carbocycles. The number of esters is 1.